The van der Waals surface area contributed by atoms with Crippen LogP contribution in [0.1, 0.15) is 60.1 Å². The second-order valence-corrected chi connectivity index (χ2v) is 10.1. The normalized spacial score (nSPS) is 18.0. The molecule has 0 saturated carbocycles. The molecule has 3 heterocycles. The number of ether oxygens (including phenoxy) is 5. The highest BCUT2D eigenvalue weighted by molar-refractivity contribution is 7.51. The number of nitrogens with one attached hydrogen (secondary N) is 1. The molecular weight excluding hydrogens is 582 g/mol. The standard InChI is InChI=1S/C20H31N6O10P.C3H8.CH3F/c1-5-31-18-16-17(24-19(21)25-18)26(11-22-16)14-8-7-13(35-14)10-33-37(29,23-9-15(27)30-4)36-12(3)34-20(28)32-6-2;1-3-2;1-2/h11-14H,5-10H2,1-4H3,(H,23,29)(H2,21,24,25);3H2,1-2H3;1H3. The summed E-state index contributed by atoms with van der Waals surface area (Å²) in [5.41, 5.74) is 6.71. The molecule has 1 fully saturated rings. The van der Waals surface area contributed by atoms with Crippen molar-refractivity contribution >= 4 is 37.0 Å². The van der Waals surface area contributed by atoms with Gasteiger partial charge in [0, 0.05) is 0 Å². The van der Waals surface area contributed by atoms with Gasteiger partial charge in [-0.1, -0.05) is 20.3 Å². The molecule has 2 aromatic heterocycles. The Kier molecular flexibility index (Phi) is 16.8. The van der Waals surface area contributed by atoms with Crippen molar-refractivity contribution in [1.29, 1.82) is 0 Å². The third-order valence-corrected chi connectivity index (χ3v) is 6.58. The Labute approximate surface area is 244 Å². The average molecular weight is 625 g/mol. The Morgan fingerprint density at radius 1 is 1.21 bits per heavy atom. The molecule has 0 radical (unpaired) electrons. The number of hydrogen-bond acceptors (Lipinski definition) is 14. The van der Waals surface area contributed by atoms with Crippen LogP contribution in [0.3, 0.4) is 0 Å². The fraction of sp³-hybridized carbons (Fsp3) is 0.708. The van der Waals surface area contributed by atoms with Crippen LogP contribution in [0.15, 0.2) is 6.33 Å². The Morgan fingerprint density at radius 3 is 2.52 bits per heavy atom. The van der Waals surface area contributed by atoms with Crippen molar-refractivity contribution in [2.24, 2.45) is 0 Å². The maximum Gasteiger partial charge on any atom is 0.510 e. The lowest BCUT2D eigenvalue weighted by atomic mass is 10.2. The molecule has 18 heteroatoms. The number of aromatic nitrogens is 4. The highest BCUT2D eigenvalue weighted by atomic mass is 31.2. The molecule has 2 aromatic rings. The van der Waals surface area contributed by atoms with E-state index in [1.165, 1.54) is 20.5 Å². The number of halogens is 1. The third-order valence-electron chi connectivity index (χ3n) is 4.97. The van der Waals surface area contributed by atoms with Gasteiger partial charge >= 0.3 is 19.9 Å². The molecule has 3 rings (SSSR count). The molecule has 0 bridgehead atoms. The third kappa shape index (κ3) is 11.6. The van der Waals surface area contributed by atoms with Gasteiger partial charge in [-0.15, -0.1) is 0 Å². The molecule has 0 aliphatic carbocycles. The molecule has 0 aromatic carbocycles. The predicted octanol–water partition coefficient (Wildman–Crippen LogP) is 3.91. The van der Waals surface area contributed by atoms with E-state index in [1.807, 2.05) is 6.92 Å². The number of nitrogen functional groups attached to an aromatic ring is 1. The van der Waals surface area contributed by atoms with E-state index in [2.05, 4.69) is 43.4 Å². The van der Waals surface area contributed by atoms with Crippen LogP contribution in [0.25, 0.3) is 11.2 Å². The Morgan fingerprint density at radius 2 is 1.90 bits per heavy atom. The zero-order valence-electron chi connectivity index (χ0n) is 25.0. The molecule has 1 aliphatic heterocycles. The van der Waals surface area contributed by atoms with Crippen molar-refractivity contribution in [1.82, 2.24) is 24.6 Å². The topological polar surface area (TPSA) is 197 Å². The maximum atomic E-state index is 13.3. The SMILES string of the molecule is CCC.CCOC(=O)OC(C)OP(=O)(NCC(=O)OC)OCC1CCC(n2cnc3c(OCC)nc(N)nc32)O1.CF. The first-order valence-electron chi connectivity index (χ1n) is 13.3. The lowest BCUT2D eigenvalue weighted by Gasteiger charge is -2.23. The summed E-state index contributed by atoms with van der Waals surface area (Å²) in [6.07, 6.45) is 0.624. The first-order valence-corrected chi connectivity index (χ1v) is 14.9. The first-order chi connectivity index (χ1) is 20.1. The van der Waals surface area contributed by atoms with Gasteiger partial charge in [-0.25, -0.2) is 19.4 Å². The second-order valence-electron chi connectivity index (χ2n) is 8.32. The minimum Gasteiger partial charge on any atom is -0.476 e. The van der Waals surface area contributed by atoms with E-state index < -0.39 is 45.0 Å². The van der Waals surface area contributed by atoms with E-state index in [4.69, 9.17) is 29.0 Å². The van der Waals surface area contributed by atoms with E-state index in [0.29, 0.717) is 37.8 Å². The fourth-order valence-electron chi connectivity index (χ4n) is 3.40. The average Bonchev–Trinajstić information content (AvgIpc) is 3.59. The number of imidazole rings is 1. The molecule has 1 saturated heterocycles. The van der Waals surface area contributed by atoms with Crippen LogP contribution in [0.2, 0.25) is 0 Å². The summed E-state index contributed by atoms with van der Waals surface area (Å²) in [4.78, 5) is 35.8. The van der Waals surface area contributed by atoms with Gasteiger partial charge in [-0.3, -0.25) is 22.8 Å². The van der Waals surface area contributed by atoms with Gasteiger partial charge in [-0.05, 0) is 33.6 Å². The summed E-state index contributed by atoms with van der Waals surface area (Å²) in [6.45, 7) is 8.81. The largest absolute Gasteiger partial charge is 0.510 e. The van der Waals surface area contributed by atoms with Crippen molar-refractivity contribution in [2.75, 3.05) is 46.4 Å². The van der Waals surface area contributed by atoms with Crippen LogP contribution >= 0.6 is 7.75 Å². The molecule has 16 nitrogen and oxygen atoms in total. The monoisotopic (exact) mass is 624 g/mol. The number of fused-ring (bicyclic) bond motifs is 1. The van der Waals surface area contributed by atoms with Crippen molar-refractivity contribution in [3.05, 3.63) is 6.33 Å². The van der Waals surface area contributed by atoms with Gasteiger partial charge in [0.05, 0.1) is 46.5 Å². The Hall–Kier alpha value is -3.11. The zero-order valence-corrected chi connectivity index (χ0v) is 25.9. The molecule has 42 heavy (non-hydrogen) atoms. The number of hydrogen-bond donors (Lipinski definition) is 2. The summed E-state index contributed by atoms with van der Waals surface area (Å²) in [5.74, 6) is -0.400. The molecular formula is C24H42FN6O10P. The second kappa shape index (κ2) is 19.2. The number of carbonyl (C=O) groups is 2. The van der Waals surface area contributed by atoms with Gasteiger partial charge in [0.25, 0.3) is 0 Å². The van der Waals surface area contributed by atoms with E-state index >= 15 is 0 Å². The number of methoxy groups -OCH3 is 1. The minimum absolute atomic E-state index is 0.0319. The lowest BCUT2D eigenvalue weighted by molar-refractivity contribution is -0.139. The summed E-state index contributed by atoms with van der Waals surface area (Å²) < 4.78 is 60.9. The van der Waals surface area contributed by atoms with Gasteiger partial charge < -0.3 is 29.4 Å². The minimum atomic E-state index is -4.15. The van der Waals surface area contributed by atoms with Gasteiger partial charge in [0.2, 0.25) is 18.1 Å². The van der Waals surface area contributed by atoms with E-state index in [9.17, 15) is 18.5 Å². The fourth-order valence-corrected chi connectivity index (χ4v) is 4.75. The summed E-state index contributed by atoms with van der Waals surface area (Å²) in [7, 11) is -2.47. The van der Waals surface area contributed by atoms with Crippen LogP contribution in [0.4, 0.5) is 15.1 Å². The number of nitrogens with two attached hydrogens (primary N) is 1. The number of alkyl halides is 1. The molecule has 4 atom stereocenters. The van der Waals surface area contributed by atoms with Crippen LogP contribution in [0.5, 0.6) is 5.88 Å². The summed E-state index contributed by atoms with van der Waals surface area (Å²) in [5, 5.41) is 2.38. The molecule has 4 unspecified atom stereocenters. The number of carbonyl (C=O) groups excluding carboxylic acids is 2. The smallest absolute Gasteiger partial charge is 0.476 e. The first kappa shape index (κ1) is 36.9. The number of rotatable bonds is 13. The number of anilines is 1. The number of esters is 1. The Balaban J connectivity index is 0.00000165. The highest BCUT2D eigenvalue weighted by Crippen LogP contribution is 2.46. The van der Waals surface area contributed by atoms with Gasteiger partial charge in [0.15, 0.2) is 11.2 Å². The molecule has 0 spiro atoms. The zero-order chi connectivity index (χ0) is 31.7. The quantitative estimate of drug-likeness (QED) is 0.185. The lowest BCUT2D eigenvalue weighted by Crippen LogP contribution is -2.28. The number of nitrogens with zero attached hydrogens (tertiary/aromatic N) is 4. The van der Waals surface area contributed by atoms with Crippen LogP contribution in [-0.4, -0.2) is 84.7 Å². The predicted molar refractivity (Wildman–Crippen MR) is 149 cm³/mol. The molecule has 240 valence electrons. The summed E-state index contributed by atoms with van der Waals surface area (Å²) >= 11 is 0. The van der Waals surface area contributed by atoms with Crippen molar-refractivity contribution in [3.63, 3.8) is 0 Å². The van der Waals surface area contributed by atoms with Crippen LogP contribution < -0.4 is 15.6 Å². The van der Waals surface area contributed by atoms with Crippen molar-refractivity contribution < 1.29 is 51.3 Å². The van der Waals surface area contributed by atoms with Crippen LogP contribution in [0, 0.1) is 0 Å². The van der Waals surface area contributed by atoms with E-state index in [-0.39, 0.29) is 25.0 Å². The Bertz CT molecular complexity index is 1160. The van der Waals surface area contributed by atoms with Gasteiger partial charge in [0.1, 0.15) is 12.8 Å². The highest BCUT2D eigenvalue weighted by Gasteiger charge is 2.35. The molecule has 0 amide bonds. The van der Waals surface area contributed by atoms with E-state index in [0.717, 1.165) is 0 Å². The van der Waals surface area contributed by atoms with Crippen molar-refractivity contribution in [2.45, 2.75) is 72.5 Å². The maximum absolute atomic E-state index is 13.3. The summed E-state index contributed by atoms with van der Waals surface area (Å²) in [6, 6.07) is 0. The van der Waals surface area contributed by atoms with Gasteiger partial charge in [-0.2, -0.15) is 9.97 Å². The van der Waals surface area contributed by atoms with Crippen molar-refractivity contribution in [3.8, 4) is 5.88 Å². The molecule has 3 N–H and O–H groups in total. The molecule has 1 aliphatic rings. The van der Waals surface area contributed by atoms with Crippen LogP contribution in [-0.2, 0) is 37.4 Å². The van der Waals surface area contributed by atoms with E-state index in [1.54, 1.807) is 17.8 Å².